The Bertz CT molecular complexity index is 413. The van der Waals surface area contributed by atoms with Gasteiger partial charge in [-0.25, -0.2) is 4.79 Å². The highest BCUT2D eigenvalue weighted by Crippen LogP contribution is 2.16. The molecule has 0 aliphatic heterocycles. The Balaban J connectivity index is 2.98. The maximum atomic E-state index is 11.6. The molecule has 0 spiro atoms. The maximum Gasteiger partial charge on any atom is 0.338 e. The van der Waals surface area contributed by atoms with Gasteiger partial charge in [-0.15, -0.1) is 0 Å². The molecule has 1 rings (SSSR count). The van der Waals surface area contributed by atoms with Crippen molar-refractivity contribution in [3.63, 3.8) is 0 Å². The molecule has 0 heterocycles. The van der Waals surface area contributed by atoms with E-state index < -0.39 is 0 Å². The molecule has 1 N–H and O–H groups in total. The molecule has 1 aromatic rings. The van der Waals surface area contributed by atoms with Crippen LogP contribution in [-0.2, 0) is 9.53 Å². The first-order chi connectivity index (χ1) is 7.54. The van der Waals surface area contributed by atoms with E-state index in [1.165, 1.54) is 6.92 Å². The van der Waals surface area contributed by atoms with Crippen LogP contribution in [0.1, 0.15) is 29.8 Å². The van der Waals surface area contributed by atoms with E-state index in [2.05, 4.69) is 5.32 Å². The summed E-state index contributed by atoms with van der Waals surface area (Å²) in [5.74, 6) is -0.536. The van der Waals surface area contributed by atoms with E-state index in [4.69, 9.17) is 4.74 Å². The Kier molecular flexibility index (Phi) is 4.05. The number of carbonyl (C=O) groups is 2. The summed E-state index contributed by atoms with van der Waals surface area (Å²) in [6, 6.07) is 5.14. The number of hydrogen-bond acceptors (Lipinski definition) is 3. The van der Waals surface area contributed by atoms with Gasteiger partial charge in [-0.1, -0.05) is 6.07 Å². The van der Waals surface area contributed by atoms with Gasteiger partial charge >= 0.3 is 5.97 Å². The monoisotopic (exact) mass is 221 g/mol. The van der Waals surface area contributed by atoms with Gasteiger partial charge in [0.15, 0.2) is 0 Å². The number of aryl methyl sites for hydroxylation is 1. The Morgan fingerprint density at radius 3 is 2.62 bits per heavy atom. The fraction of sp³-hybridized carbons (Fsp3) is 0.333. The van der Waals surface area contributed by atoms with Crippen molar-refractivity contribution in [2.75, 3.05) is 11.9 Å². The topological polar surface area (TPSA) is 55.4 Å². The van der Waals surface area contributed by atoms with Crippen molar-refractivity contribution >= 4 is 17.6 Å². The van der Waals surface area contributed by atoms with Crippen LogP contribution >= 0.6 is 0 Å². The summed E-state index contributed by atoms with van der Waals surface area (Å²) in [6.07, 6.45) is 0. The number of hydrogen-bond donors (Lipinski definition) is 1. The second-order valence-electron chi connectivity index (χ2n) is 3.43. The van der Waals surface area contributed by atoms with Crippen molar-refractivity contribution in [1.29, 1.82) is 0 Å². The van der Waals surface area contributed by atoms with Crippen LogP contribution in [0.5, 0.6) is 0 Å². The number of nitrogens with one attached hydrogen (secondary N) is 1. The molecule has 0 fully saturated rings. The lowest BCUT2D eigenvalue weighted by molar-refractivity contribution is -0.114. The fourth-order valence-electron chi connectivity index (χ4n) is 1.33. The predicted molar refractivity (Wildman–Crippen MR) is 61.4 cm³/mol. The third-order valence-electron chi connectivity index (χ3n) is 2.05. The molecule has 0 aliphatic carbocycles. The van der Waals surface area contributed by atoms with Crippen LogP contribution in [0.3, 0.4) is 0 Å². The molecule has 0 radical (unpaired) electrons. The van der Waals surface area contributed by atoms with Gasteiger partial charge in [0, 0.05) is 12.6 Å². The van der Waals surface area contributed by atoms with Crippen molar-refractivity contribution in [2.24, 2.45) is 0 Å². The van der Waals surface area contributed by atoms with Gasteiger partial charge in [-0.05, 0) is 31.5 Å². The van der Waals surface area contributed by atoms with E-state index in [9.17, 15) is 9.59 Å². The lowest BCUT2D eigenvalue weighted by Crippen LogP contribution is -2.10. The molecule has 0 unspecified atom stereocenters. The number of rotatable bonds is 3. The second kappa shape index (κ2) is 5.30. The Labute approximate surface area is 94.6 Å². The van der Waals surface area contributed by atoms with Crippen molar-refractivity contribution in [3.8, 4) is 0 Å². The number of amides is 1. The minimum atomic E-state index is -0.368. The molecule has 0 saturated heterocycles. The van der Waals surface area contributed by atoms with Gasteiger partial charge in [0.1, 0.15) is 0 Å². The summed E-state index contributed by atoms with van der Waals surface area (Å²) in [5.41, 5.74) is 1.90. The van der Waals surface area contributed by atoms with Crippen LogP contribution in [-0.4, -0.2) is 18.5 Å². The molecule has 1 aromatic carbocycles. The summed E-state index contributed by atoms with van der Waals surface area (Å²) in [6.45, 7) is 5.33. The maximum absolute atomic E-state index is 11.6. The van der Waals surface area contributed by atoms with Gasteiger partial charge in [0.25, 0.3) is 0 Å². The first-order valence-corrected chi connectivity index (χ1v) is 5.10. The normalized spacial score (nSPS) is 9.69. The average Bonchev–Trinajstić information content (AvgIpc) is 2.20. The van der Waals surface area contributed by atoms with Gasteiger partial charge in [-0.3, -0.25) is 4.79 Å². The van der Waals surface area contributed by atoms with Crippen LogP contribution in [0.25, 0.3) is 0 Å². The van der Waals surface area contributed by atoms with Gasteiger partial charge < -0.3 is 10.1 Å². The van der Waals surface area contributed by atoms with Crippen molar-refractivity contribution < 1.29 is 14.3 Å². The van der Waals surface area contributed by atoms with Crippen molar-refractivity contribution in [3.05, 3.63) is 29.3 Å². The summed E-state index contributed by atoms with van der Waals surface area (Å²) in [5, 5.41) is 2.62. The smallest absolute Gasteiger partial charge is 0.338 e. The average molecular weight is 221 g/mol. The van der Waals surface area contributed by atoms with E-state index >= 15 is 0 Å². The second-order valence-corrected chi connectivity index (χ2v) is 3.43. The zero-order chi connectivity index (χ0) is 12.1. The zero-order valence-electron chi connectivity index (χ0n) is 9.66. The largest absolute Gasteiger partial charge is 0.462 e. The fourth-order valence-corrected chi connectivity index (χ4v) is 1.33. The van der Waals surface area contributed by atoms with Crippen LogP contribution in [0.15, 0.2) is 18.2 Å². The van der Waals surface area contributed by atoms with Crippen LogP contribution < -0.4 is 5.32 Å². The Morgan fingerprint density at radius 1 is 1.38 bits per heavy atom. The van der Waals surface area contributed by atoms with Crippen LogP contribution in [0.2, 0.25) is 0 Å². The molecular weight excluding hydrogens is 206 g/mol. The van der Waals surface area contributed by atoms with Crippen LogP contribution in [0, 0.1) is 6.92 Å². The molecule has 1 amide bonds. The minimum absolute atomic E-state index is 0.168. The highest BCUT2D eigenvalue weighted by Gasteiger charge is 2.10. The van der Waals surface area contributed by atoms with Gasteiger partial charge in [0.2, 0.25) is 5.91 Å². The summed E-state index contributed by atoms with van der Waals surface area (Å²) >= 11 is 0. The first-order valence-electron chi connectivity index (χ1n) is 5.10. The Morgan fingerprint density at radius 2 is 2.06 bits per heavy atom. The number of anilines is 1. The van der Waals surface area contributed by atoms with Gasteiger partial charge in [-0.2, -0.15) is 0 Å². The summed E-state index contributed by atoms with van der Waals surface area (Å²) in [7, 11) is 0. The standard InChI is InChI=1S/C12H15NO3/c1-4-16-12(15)11-7-10(13-9(3)14)6-5-8(11)2/h5-7H,4H2,1-3H3,(H,13,14). The molecule has 4 heteroatoms. The molecule has 86 valence electrons. The lowest BCUT2D eigenvalue weighted by atomic mass is 10.1. The highest BCUT2D eigenvalue weighted by molar-refractivity contribution is 5.94. The molecule has 0 bridgehead atoms. The third kappa shape index (κ3) is 3.08. The first kappa shape index (κ1) is 12.2. The van der Waals surface area contributed by atoms with E-state index in [0.717, 1.165) is 5.56 Å². The highest BCUT2D eigenvalue weighted by atomic mass is 16.5. The van der Waals surface area contributed by atoms with E-state index in [-0.39, 0.29) is 11.9 Å². The van der Waals surface area contributed by atoms with Crippen LogP contribution in [0.4, 0.5) is 5.69 Å². The van der Waals surface area contributed by atoms with Crippen molar-refractivity contribution in [1.82, 2.24) is 0 Å². The summed E-state index contributed by atoms with van der Waals surface area (Å²) in [4.78, 5) is 22.4. The van der Waals surface area contributed by atoms with E-state index in [1.54, 1.807) is 25.1 Å². The minimum Gasteiger partial charge on any atom is -0.462 e. The van der Waals surface area contributed by atoms with E-state index in [1.807, 2.05) is 6.92 Å². The predicted octanol–water partition coefficient (Wildman–Crippen LogP) is 2.13. The van der Waals surface area contributed by atoms with Crippen molar-refractivity contribution in [2.45, 2.75) is 20.8 Å². The number of ether oxygens (including phenoxy) is 1. The molecule has 0 saturated carbocycles. The quantitative estimate of drug-likeness (QED) is 0.795. The molecule has 0 atom stereocenters. The molecule has 0 aliphatic rings. The van der Waals surface area contributed by atoms with Gasteiger partial charge in [0.05, 0.1) is 12.2 Å². The number of benzene rings is 1. The lowest BCUT2D eigenvalue weighted by Gasteiger charge is -2.08. The number of carbonyl (C=O) groups excluding carboxylic acids is 2. The molecule has 4 nitrogen and oxygen atoms in total. The molecule has 16 heavy (non-hydrogen) atoms. The number of esters is 1. The Hall–Kier alpha value is -1.84. The third-order valence-corrected chi connectivity index (χ3v) is 2.05. The SMILES string of the molecule is CCOC(=O)c1cc(NC(C)=O)ccc1C. The van der Waals surface area contributed by atoms with E-state index in [0.29, 0.717) is 17.9 Å². The zero-order valence-corrected chi connectivity index (χ0v) is 9.66. The molecular formula is C12H15NO3. The summed E-state index contributed by atoms with van der Waals surface area (Å²) < 4.78 is 4.92. The molecule has 0 aromatic heterocycles.